The van der Waals surface area contributed by atoms with E-state index in [4.69, 9.17) is 19.8 Å². The number of nitrogens with zero attached hydrogens (tertiary/aromatic N) is 1. The van der Waals surface area contributed by atoms with Gasteiger partial charge in [0.15, 0.2) is 17.3 Å². The fourth-order valence-electron chi connectivity index (χ4n) is 12.3. The van der Waals surface area contributed by atoms with Crippen molar-refractivity contribution in [3.63, 3.8) is 0 Å². The minimum absolute atomic E-state index is 0.0301. The van der Waals surface area contributed by atoms with E-state index in [1.807, 2.05) is 49.4 Å². The van der Waals surface area contributed by atoms with Gasteiger partial charge in [0.05, 0.1) is 24.4 Å². The third-order valence-electron chi connectivity index (χ3n) is 17.2. The zero-order valence-electron chi connectivity index (χ0n) is 43.6. The number of hydrogen-bond acceptors (Lipinski definition) is 9. The number of nitrogens with one attached hydrogen (secondary N) is 1. The third-order valence-corrected chi connectivity index (χ3v) is 17.2. The van der Waals surface area contributed by atoms with Crippen LogP contribution in [-0.2, 0) is 41.3 Å². The van der Waals surface area contributed by atoms with E-state index < -0.39 is 42.2 Å². The lowest BCUT2D eigenvalue weighted by molar-refractivity contribution is -0.235. The van der Waals surface area contributed by atoms with E-state index in [9.17, 15) is 24.0 Å². The zero-order chi connectivity index (χ0) is 50.5. The maximum atomic E-state index is 14.8. The van der Waals surface area contributed by atoms with Gasteiger partial charge < -0.3 is 30.0 Å². The number of benzene rings is 3. The number of aryl methyl sites for hydroxylation is 2. The van der Waals surface area contributed by atoms with E-state index in [1.165, 1.54) is 10.5 Å². The Kier molecular flexibility index (Phi) is 17.0. The molecule has 0 aromatic heterocycles. The molecule has 9 atom stereocenters. The highest BCUT2D eigenvalue weighted by Crippen LogP contribution is 2.69. The molecule has 378 valence electrons. The molecule has 4 fully saturated rings. The van der Waals surface area contributed by atoms with Crippen molar-refractivity contribution in [1.82, 2.24) is 10.2 Å². The van der Waals surface area contributed by atoms with Crippen LogP contribution in [0.2, 0.25) is 5.82 Å². The zero-order valence-corrected chi connectivity index (χ0v) is 43.6. The third kappa shape index (κ3) is 11.2. The second-order valence-electron chi connectivity index (χ2n) is 22.4. The summed E-state index contributed by atoms with van der Waals surface area (Å²) < 4.78 is 19.3. The largest absolute Gasteiger partial charge is 0.496 e. The summed E-state index contributed by atoms with van der Waals surface area (Å²) in [5.41, 5.74) is 10.6. The van der Waals surface area contributed by atoms with Crippen molar-refractivity contribution >= 4 is 36.3 Å². The van der Waals surface area contributed by atoms with Crippen molar-refractivity contribution < 1.29 is 38.0 Å². The summed E-state index contributed by atoms with van der Waals surface area (Å²) in [6, 6.07) is 19.9. The van der Waals surface area contributed by atoms with Gasteiger partial charge in [-0.25, -0.2) is 0 Å². The van der Waals surface area contributed by atoms with E-state index >= 15 is 0 Å². The summed E-state index contributed by atoms with van der Waals surface area (Å²) >= 11 is 0. The first-order valence-electron chi connectivity index (χ1n) is 26.4. The van der Waals surface area contributed by atoms with Crippen molar-refractivity contribution in [3.05, 3.63) is 89.0 Å². The van der Waals surface area contributed by atoms with Gasteiger partial charge >= 0.3 is 7.12 Å². The van der Waals surface area contributed by atoms with E-state index in [-0.39, 0.29) is 59.7 Å². The Morgan fingerprint density at radius 2 is 1.63 bits per heavy atom. The first-order valence-corrected chi connectivity index (χ1v) is 26.4. The van der Waals surface area contributed by atoms with Crippen molar-refractivity contribution in [1.29, 1.82) is 0 Å². The molecular formula is C58H80BN3O8. The number of fused-ring (bicyclic) bond motifs is 2. The maximum absolute atomic E-state index is 14.8. The highest BCUT2D eigenvalue weighted by atomic mass is 16.7. The molecule has 3 aromatic carbocycles. The van der Waals surface area contributed by atoms with Crippen molar-refractivity contribution in [2.24, 2.45) is 34.8 Å². The van der Waals surface area contributed by atoms with Crippen LogP contribution in [0.1, 0.15) is 165 Å². The lowest BCUT2D eigenvalue weighted by Gasteiger charge is -2.67. The number of methoxy groups -OCH3 is 1. The topological polar surface area (TPSA) is 154 Å². The highest BCUT2D eigenvalue weighted by Gasteiger charge is 2.73. The summed E-state index contributed by atoms with van der Waals surface area (Å²) in [6.45, 7) is 15.3. The molecule has 2 aliphatic heterocycles. The Hall–Kier alpha value is -4.65. The minimum atomic E-state index is -1.04. The molecule has 11 nitrogen and oxygen atoms in total. The van der Waals surface area contributed by atoms with Crippen LogP contribution < -0.4 is 15.8 Å². The fraction of sp³-hybridized carbons (Fsp3) is 0.603. The van der Waals surface area contributed by atoms with E-state index in [0.29, 0.717) is 80.2 Å². The average Bonchev–Trinajstić information content (AvgIpc) is 3.64. The number of nitrogens with two attached hydrogens (primary N) is 1. The van der Waals surface area contributed by atoms with Crippen molar-refractivity contribution in [3.8, 4) is 16.9 Å². The molecule has 0 spiro atoms. The number of hydrogen-bond donors (Lipinski definition) is 2. The second-order valence-corrected chi connectivity index (χ2v) is 22.4. The molecule has 12 heteroatoms. The Bertz CT molecular complexity index is 2350. The Morgan fingerprint density at radius 3 is 2.29 bits per heavy atom. The van der Waals surface area contributed by atoms with Gasteiger partial charge in [-0.1, -0.05) is 108 Å². The lowest BCUT2D eigenvalue weighted by Crippen LogP contribution is -2.70. The first kappa shape index (κ1) is 53.2. The molecule has 3 aromatic rings. The molecule has 5 aliphatic rings. The summed E-state index contributed by atoms with van der Waals surface area (Å²) in [4.78, 5) is 73.4. The standard InChI is InChI=1S/C58H80BN3O8/c1-10-11-16-39-20-22-40(23-21-39)41-24-26-42(27-25-41)48(63)34-45(18-14-15-30-60)55(67)62(8)53-44-28-29-51(68-9)43(33-44)17-12-13-19-47(61-54(66)37(2)31-50(53)65)49(64)32-38(3)59-69-57(6)36-46-35-52(56(46,4)5)58(57,7)70-59/h20-29,33,37-38,45-47,52-53H,10-19,30-32,34-36,60H2,1-9H3,(H,61,66)/t37-,38-,45-,46+,47+,52+,53+,57-,58+/m1/s1. The summed E-state index contributed by atoms with van der Waals surface area (Å²) in [5.74, 6) is -1.38. The number of Topliss-reactive ketones (excluding diaryl/α,β-unsaturated/α-hetero) is 3. The number of likely N-dealkylation sites (N-methyl/N-ethyl adjacent to an activating group) is 1. The summed E-state index contributed by atoms with van der Waals surface area (Å²) in [7, 11) is 2.70. The van der Waals surface area contributed by atoms with Crippen molar-refractivity contribution in [2.45, 2.75) is 174 Å². The number of ketones is 3. The van der Waals surface area contributed by atoms with E-state index in [0.717, 1.165) is 48.8 Å². The summed E-state index contributed by atoms with van der Waals surface area (Å²) in [6.07, 6.45) is 9.52. The first-order chi connectivity index (χ1) is 33.3. The van der Waals surface area contributed by atoms with Gasteiger partial charge in [-0.15, -0.1) is 0 Å². The highest BCUT2D eigenvalue weighted by molar-refractivity contribution is 6.47. The number of unbranched alkanes of at least 4 members (excludes halogenated alkanes) is 2. The number of carbonyl (C=O) groups excluding carboxylic acids is 5. The maximum Gasteiger partial charge on any atom is 0.461 e. The molecule has 0 unspecified atom stereocenters. The van der Waals surface area contributed by atoms with Gasteiger partial charge in [0.25, 0.3) is 0 Å². The summed E-state index contributed by atoms with van der Waals surface area (Å²) in [5, 5.41) is 3.05. The quantitative estimate of drug-likeness (QED) is 0.0720. The Labute approximate surface area is 418 Å². The number of ether oxygens (including phenoxy) is 1. The monoisotopic (exact) mass is 958 g/mol. The van der Waals surface area contributed by atoms with Crippen LogP contribution in [0.3, 0.4) is 0 Å². The lowest BCUT2D eigenvalue weighted by atomic mass is 9.41. The van der Waals surface area contributed by atoms with Crippen LogP contribution in [-0.4, -0.2) is 79.1 Å². The van der Waals surface area contributed by atoms with E-state index in [1.54, 1.807) is 21.1 Å². The Morgan fingerprint density at radius 1 is 0.929 bits per heavy atom. The minimum Gasteiger partial charge on any atom is -0.496 e. The van der Waals surface area contributed by atoms with Crippen molar-refractivity contribution in [2.75, 3.05) is 20.7 Å². The SMILES string of the molecule is CCCCc1ccc(-c2ccc(C(=O)C[C@@H](CCCCN)C(=O)N(C)[C@@H]3C(=O)C[C@@H](C)C(=O)N[C@H](C(=O)C[C@@H](C)B4O[C@]5(C)C[C@@H]6C[C@@H](C6(C)C)[C@]5(C)O4)CCCCc4cc3ccc4OC)cc2)cc1. The van der Waals surface area contributed by atoms with Crippen LogP contribution in [0.25, 0.3) is 11.1 Å². The molecule has 3 aliphatic carbocycles. The predicted octanol–water partition coefficient (Wildman–Crippen LogP) is 10.5. The van der Waals surface area contributed by atoms with Gasteiger partial charge in [-0.3, -0.25) is 24.0 Å². The number of carbonyl (C=O) groups is 5. The molecule has 2 heterocycles. The van der Waals surface area contributed by atoms with Gasteiger partial charge in [-0.2, -0.15) is 0 Å². The molecule has 8 rings (SSSR count). The van der Waals surface area contributed by atoms with Crippen LogP contribution in [0.5, 0.6) is 5.75 Å². The smallest absolute Gasteiger partial charge is 0.461 e. The predicted molar refractivity (Wildman–Crippen MR) is 276 cm³/mol. The van der Waals surface area contributed by atoms with Gasteiger partial charge in [0.2, 0.25) is 11.8 Å². The second kappa shape index (κ2) is 22.4. The molecule has 4 bridgehead atoms. The van der Waals surface area contributed by atoms with Crippen LogP contribution in [0.4, 0.5) is 0 Å². The van der Waals surface area contributed by atoms with Crippen LogP contribution >= 0.6 is 0 Å². The van der Waals surface area contributed by atoms with Gasteiger partial charge in [0.1, 0.15) is 11.8 Å². The molecule has 1 saturated heterocycles. The fourth-order valence-corrected chi connectivity index (χ4v) is 12.3. The number of rotatable bonds is 18. The van der Waals surface area contributed by atoms with Gasteiger partial charge in [0, 0.05) is 43.7 Å². The Balaban J connectivity index is 1.06. The molecule has 0 radical (unpaired) electrons. The molecule has 2 amide bonds. The van der Waals surface area contributed by atoms with Crippen LogP contribution in [0, 0.1) is 29.1 Å². The molecule has 3 N–H and O–H groups in total. The molecule has 70 heavy (non-hydrogen) atoms. The molecule has 3 saturated carbocycles. The van der Waals surface area contributed by atoms with Gasteiger partial charge in [-0.05, 0) is 141 Å². The molecular weight excluding hydrogens is 877 g/mol. The van der Waals surface area contributed by atoms with Crippen LogP contribution in [0.15, 0.2) is 66.7 Å². The van der Waals surface area contributed by atoms with E-state index in [2.05, 4.69) is 64.2 Å². The average molecular weight is 958 g/mol. The normalized spacial score (nSPS) is 27.3. The number of amides is 2.